The predicted molar refractivity (Wildman–Crippen MR) is 69.1 cm³/mol. The van der Waals surface area contributed by atoms with Gasteiger partial charge in [0.15, 0.2) is 0 Å². The zero-order valence-electron chi connectivity index (χ0n) is 11.0. The Balaban J connectivity index is 3.06. The van der Waals surface area contributed by atoms with E-state index in [-0.39, 0.29) is 23.9 Å². The minimum absolute atomic E-state index is 0.0233. The van der Waals surface area contributed by atoms with Crippen molar-refractivity contribution in [3.8, 4) is 0 Å². The van der Waals surface area contributed by atoms with Gasteiger partial charge in [-0.25, -0.2) is 4.79 Å². The Bertz CT molecular complexity index is 460. The van der Waals surface area contributed by atoms with E-state index in [1.54, 1.807) is 0 Å². The Kier molecular flexibility index (Phi) is 5.44. The second-order valence-corrected chi connectivity index (χ2v) is 4.37. The van der Waals surface area contributed by atoms with Crippen molar-refractivity contribution >= 4 is 11.9 Å². The summed E-state index contributed by atoms with van der Waals surface area (Å²) in [5, 5.41) is 17.9. The topological polar surface area (TPSA) is 90.7 Å². The molecule has 1 aromatic heterocycles. The molecule has 19 heavy (non-hydrogen) atoms. The maximum atomic E-state index is 12.3. The third kappa shape index (κ3) is 3.75. The molecule has 1 aromatic rings. The minimum atomic E-state index is -1.18. The van der Waals surface area contributed by atoms with Gasteiger partial charge in [0.1, 0.15) is 5.69 Å². The fourth-order valence-corrected chi connectivity index (χ4v) is 1.72. The highest BCUT2D eigenvalue weighted by atomic mass is 16.4. The molecule has 0 aliphatic rings. The second-order valence-electron chi connectivity index (χ2n) is 4.37. The molecule has 0 aliphatic carbocycles. The van der Waals surface area contributed by atoms with Crippen LogP contribution in [0.3, 0.4) is 0 Å². The normalized spacial score (nSPS) is 10.5. The van der Waals surface area contributed by atoms with Gasteiger partial charge in [0, 0.05) is 25.4 Å². The van der Waals surface area contributed by atoms with Gasteiger partial charge in [0.05, 0.1) is 5.56 Å². The number of nitrogens with zero attached hydrogens (tertiary/aromatic N) is 2. The molecule has 1 amide bonds. The highest BCUT2D eigenvalue weighted by molar-refractivity contribution is 6.03. The van der Waals surface area contributed by atoms with Crippen LogP contribution in [0.1, 0.15) is 41.1 Å². The molecule has 0 saturated carbocycles. The lowest BCUT2D eigenvalue weighted by molar-refractivity contribution is 0.0646. The van der Waals surface area contributed by atoms with Crippen molar-refractivity contribution in [2.45, 2.75) is 26.3 Å². The first-order chi connectivity index (χ1) is 8.99. The van der Waals surface area contributed by atoms with Gasteiger partial charge in [-0.05, 0) is 32.4 Å². The third-order valence-electron chi connectivity index (χ3n) is 2.68. The lowest BCUT2D eigenvalue weighted by Crippen LogP contribution is -2.39. The van der Waals surface area contributed by atoms with E-state index in [2.05, 4.69) is 4.98 Å². The van der Waals surface area contributed by atoms with Crippen molar-refractivity contribution in [1.82, 2.24) is 9.88 Å². The number of aromatic carboxylic acids is 1. The minimum Gasteiger partial charge on any atom is -0.478 e. The maximum Gasteiger partial charge on any atom is 0.338 e. The Morgan fingerprint density at radius 2 is 2.11 bits per heavy atom. The van der Waals surface area contributed by atoms with E-state index in [4.69, 9.17) is 10.2 Å². The number of pyridine rings is 1. The van der Waals surface area contributed by atoms with Crippen LogP contribution in [-0.4, -0.2) is 51.2 Å². The number of rotatable bonds is 6. The second kappa shape index (κ2) is 6.84. The molecule has 0 aromatic carbocycles. The van der Waals surface area contributed by atoms with E-state index >= 15 is 0 Å². The van der Waals surface area contributed by atoms with Crippen molar-refractivity contribution in [3.05, 3.63) is 29.6 Å². The summed E-state index contributed by atoms with van der Waals surface area (Å²) in [4.78, 5) is 28.8. The van der Waals surface area contributed by atoms with Gasteiger partial charge in [-0.3, -0.25) is 9.78 Å². The number of carbonyl (C=O) groups is 2. The van der Waals surface area contributed by atoms with Crippen molar-refractivity contribution in [1.29, 1.82) is 0 Å². The van der Waals surface area contributed by atoms with Crippen molar-refractivity contribution in [2.75, 3.05) is 13.2 Å². The van der Waals surface area contributed by atoms with E-state index in [9.17, 15) is 9.59 Å². The van der Waals surface area contributed by atoms with Crippen LogP contribution in [0.4, 0.5) is 0 Å². The molecular weight excluding hydrogens is 248 g/mol. The summed E-state index contributed by atoms with van der Waals surface area (Å²) in [7, 11) is 0. The van der Waals surface area contributed by atoms with Crippen LogP contribution in [-0.2, 0) is 0 Å². The first kappa shape index (κ1) is 15.1. The third-order valence-corrected chi connectivity index (χ3v) is 2.68. The van der Waals surface area contributed by atoms with Crippen LogP contribution in [0.2, 0.25) is 0 Å². The molecule has 104 valence electrons. The van der Waals surface area contributed by atoms with Gasteiger partial charge in [0.2, 0.25) is 0 Å². The van der Waals surface area contributed by atoms with Crippen LogP contribution in [0.15, 0.2) is 18.3 Å². The maximum absolute atomic E-state index is 12.3. The van der Waals surface area contributed by atoms with Gasteiger partial charge in [-0.1, -0.05) is 0 Å². The fourth-order valence-electron chi connectivity index (χ4n) is 1.72. The predicted octanol–water partition coefficient (Wildman–Crippen LogP) is 1.01. The molecule has 6 heteroatoms. The summed E-state index contributed by atoms with van der Waals surface area (Å²) in [6, 6.07) is 2.74. The quantitative estimate of drug-likeness (QED) is 0.802. The van der Waals surface area contributed by atoms with Crippen LogP contribution in [0.5, 0.6) is 0 Å². The van der Waals surface area contributed by atoms with Gasteiger partial charge in [-0.15, -0.1) is 0 Å². The number of hydrogen-bond acceptors (Lipinski definition) is 4. The largest absolute Gasteiger partial charge is 0.478 e. The standard InChI is InChI=1S/C13H18N2O4/c1-9(2)15(7-4-8-16)12(17)11-10(13(18)19)5-3-6-14-11/h3,5-6,9,16H,4,7-8H2,1-2H3,(H,18,19). The van der Waals surface area contributed by atoms with E-state index in [1.165, 1.54) is 23.2 Å². The number of aliphatic hydroxyl groups excluding tert-OH is 1. The number of carbonyl (C=O) groups excluding carboxylic acids is 1. The van der Waals surface area contributed by atoms with Crippen LogP contribution >= 0.6 is 0 Å². The molecule has 0 fully saturated rings. The van der Waals surface area contributed by atoms with E-state index < -0.39 is 11.9 Å². The summed E-state index contributed by atoms with van der Waals surface area (Å²) >= 11 is 0. The Hall–Kier alpha value is -1.95. The van der Waals surface area contributed by atoms with E-state index in [1.807, 2.05) is 13.8 Å². The molecule has 6 nitrogen and oxygen atoms in total. The van der Waals surface area contributed by atoms with E-state index in [0.717, 1.165) is 0 Å². The van der Waals surface area contributed by atoms with Crippen molar-refractivity contribution in [2.24, 2.45) is 0 Å². The first-order valence-corrected chi connectivity index (χ1v) is 6.09. The number of aromatic nitrogens is 1. The number of hydrogen-bond donors (Lipinski definition) is 2. The van der Waals surface area contributed by atoms with Gasteiger partial charge in [0.25, 0.3) is 5.91 Å². The van der Waals surface area contributed by atoms with Gasteiger partial charge in [-0.2, -0.15) is 0 Å². The van der Waals surface area contributed by atoms with Crippen molar-refractivity contribution < 1.29 is 19.8 Å². The molecule has 0 radical (unpaired) electrons. The molecule has 0 saturated heterocycles. The lowest BCUT2D eigenvalue weighted by atomic mass is 10.1. The number of aliphatic hydroxyl groups is 1. The Morgan fingerprint density at radius 1 is 1.42 bits per heavy atom. The summed E-state index contributed by atoms with van der Waals surface area (Å²) in [5.41, 5.74) is -0.177. The van der Waals surface area contributed by atoms with Crippen LogP contribution in [0, 0.1) is 0 Å². The number of carboxylic acids is 1. The number of amides is 1. The molecule has 0 unspecified atom stereocenters. The van der Waals surface area contributed by atoms with Gasteiger partial charge >= 0.3 is 5.97 Å². The molecular formula is C13H18N2O4. The number of carboxylic acid groups (broad SMARTS) is 1. The summed E-state index contributed by atoms with van der Waals surface area (Å²) < 4.78 is 0. The molecule has 0 bridgehead atoms. The Labute approximate surface area is 111 Å². The SMILES string of the molecule is CC(C)N(CCCO)C(=O)c1ncccc1C(=O)O. The average Bonchev–Trinajstić information content (AvgIpc) is 2.38. The smallest absolute Gasteiger partial charge is 0.338 e. The highest BCUT2D eigenvalue weighted by Crippen LogP contribution is 2.12. The summed E-state index contributed by atoms with van der Waals surface area (Å²) in [6.45, 7) is 4.00. The monoisotopic (exact) mass is 266 g/mol. The summed E-state index contributed by atoms with van der Waals surface area (Å²) in [6.07, 6.45) is 1.84. The molecule has 2 N–H and O–H groups in total. The molecule has 0 atom stereocenters. The zero-order chi connectivity index (χ0) is 14.4. The molecule has 0 aliphatic heterocycles. The average molecular weight is 266 g/mol. The molecule has 1 rings (SSSR count). The summed E-state index contributed by atoms with van der Waals surface area (Å²) in [5.74, 6) is -1.61. The van der Waals surface area contributed by atoms with Crippen LogP contribution < -0.4 is 0 Å². The highest BCUT2D eigenvalue weighted by Gasteiger charge is 2.24. The molecule has 1 heterocycles. The fraction of sp³-hybridized carbons (Fsp3) is 0.462. The lowest BCUT2D eigenvalue weighted by Gasteiger charge is -2.26. The zero-order valence-corrected chi connectivity index (χ0v) is 11.0. The van der Waals surface area contributed by atoms with Gasteiger partial charge < -0.3 is 15.1 Å². The van der Waals surface area contributed by atoms with E-state index in [0.29, 0.717) is 13.0 Å². The first-order valence-electron chi connectivity index (χ1n) is 6.09. The van der Waals surface area contributed by atoms with Crippen LogP contribution in [0.25, 0.3) is 0 Å². The van der Waals surface area contributed by atoms with Crippen molar-refractivity contribution in [3.63, 3.8) is 0 Å². The Morgan fingerprint density at radius 3 is 2.63 bits per heavy atom. The molecule has 0 spiro atoms.